The van der Waals surface area contributed by atoms with Crippen LogP contribution in [0.25, 0.3) is 0 Å². The van der Waals surface area contributed by atoms with E-state index >= 15 is 0 Å². The molecule has 7 nitrogen and oxygen atoms in total. The number of alkyl halides is 1. The molecule has 1 unspecified atom stereocenters. The average Bonchev–Trinajstić information content (AvgIpc) is 3.39. The van der Waals surface area contributed by atoms with Gasteiger partial charge in [-0.15, -0.1) is 11.6 Å². The summed E-state index contributed by atoms with van der Waals surface area (Å²) in [6.07, 6.45) is -3.40. The molecule has 1 aliphatic heterocycles. The van der Waals surface area contributed by atoms with Crippen molar-refractivity contribution in [3.63, 3.8) is 0 Å². The summed E-state index contributed by atoms with van der Waals surface area (Å²) < 4.78 is 49.9. The molecule has 7 aromatic carbocycles. The van der Waals surface area contributed by atoms with Crippen molar-refractivity contribution in [2.75, 3.05) is 19.1 Å². The Bertz CT molecular complexity index is 2610. The Morgan fingerprint density at radius 2 is 0.986 bits per heavy atom. The summed E-state index contributed by atoms with van der Waals surface area (Å²) in [5.41, 5.74) is 5.55. The maximum Gasteiger partial charge on any atom is 0.261 e. The second-order valence-corrected chi connectivity index (χ2v) is 24.3. The normalized spacial score (nSPS) is 18.4. The van der Waals surface area contributed by atoms with Crippen LogP contribution < -0.4 is 15.1 Å². The summed E-state index contributed by atoms with van der Waals surface area (Å²) in [7, 11) is -3.03. The largest absolute Gasteiger partial charge is 0.490 e. The van der Waals surface area contributed by atoms with Crippen LogP contribution in [0, 0.1) is 0 Å². The van der Waals surface area contributed by atoms with Gasteiger partial charge >= 0.3 is 0 Å². The third-order valence-corrected chi connectivity index (χ3v) is 19.0. The molecule has 0 amide bonds. The van der Waals surface area contributed by atoms with Crippen LogP contribution in [-0.4, -0.2) is 51.8 Å². The van der Waals surface area contributed by atoms with Gasteiger partial charge in [0.25, 0.3) is 8.32 Å². The third-order valence-electron chi connectivity index (χ3n) is 12.6. The Morgan fingerprint density at radius 1 is 0.557 bits per heavy atom. The Labute approximate surface area is 433 Å². The lowest BCUT2D eigenvalue weighted by atomic mass is 9.89. The van der Waals surface area contributed by atoms with Gasteiger partial charge in [-0.2, -0.15) is 0 Å². The summed E-state index contributed by atoms with van der Waals surface area (Å²) >= 11 is 17.8. The van der Waals surface area contributed by atoms with Crippen molar-refractivity contribution >= 4 is 57.8 Å². The second kappa shape index (κ2) is 25.2. The van der Waals surface area contributed by atoms with Crippen molar-refractivity contribution in [2.45, 2.75) is 89.4 Å². The molecule has 8 rings (SSSR count). The first-order chi connectivity index (χ1) is 34.2. The molecule has 0 bridgehead atoms. The summed E-state index contributed by atoms with van der Waals surface area (Å²) in [4.78, 5) is 0. The minimum atomic E-state index is -3.03. The molecule has 0 aromatic heterocycles. The molecule has 5 atom stereocenters. The molecule has 7 aromatic rings. The lowest BCUT2D eigenvalue weighted by Gasteiger charge is -2.47. The maximum absolute atomic E-state index is 7.54. The second-order valence-electron chi connectivity index (χ2n) is 18.5. The fourth-order valence-corrected chi connectivity index (χ4v) is 14.9. The minimum Gasteiger partial charge on any atom is -0.490 e. The van der Waals surface area contributed by atoms with E-state index in [-0.39, 0.29) is 37.3 Å². The summed E-state index contributed by atoms with van der Waals surface area (Å²) in [6, 6.07) is 63.8. The Morgan fingerprint density at radius 3 is 1.44 bits per heavy atom. The smallest absolute Gasteiger partial charge is 0.261 e. The number of ether oxygens (including phenoxy) is 6. The lowest BCUT2D eigenvalue weighted by molar-refractivity contribution is -0.275. The summed E-state index contributed by atoms with van der Waals surface area (Å²) in [6.45, 7) is 8.65. The molecule has 0 N–H and O–H groups in total. The van der Waals surface area contributed by atoms with Crippen LogP contribution >= 0.6 is 39.1 Å². The van der Waals surface area contributed by atoms with Gasteiger partial charge in [0.1, 0.15) is 37.1 Å². The first-order valence-electron chi connectivity index (χ1n) is 23.8. The molecular weight excluding hydrogens is 1000 g/mol. The fourth-order valence-electron chi connectivity index (χ4n) is 9.25. The zero-order valence-electron chi connectivity index (χ0n) is 39.9. The molecule has 364 valence electrons. The topological polar surface area (TPSA) is 64.6 Å². The Kier molecular flexibility index (Phi) is 18.6. The molecule has 1 saturated heterocycles. The molecule has 11 heteroatoms. The Balaban J connectivity index is 1.26. The van der Waals surface area contributed by atoms with Crippen molar-refractivity contribution in [3.05, 3.63) is 231 Å². The highest BCUT2D eigenvalue weighted by Crippen LogP contribution is 2.48. The maximum atomic E-state index is 7.54. The van der Waals surface area contributed by atoms with Crippen LogP contribution in [-0.2, 0) is 61.1 Å². The van der Waals surface area contributed by atoms with Crippen LogP contribution in [0.1, 0.15) is 60.3 Å². The van der Waals surface area contributed by atoms with Gasteiger partial charge in [-0.3, -0.25) is 0 Å². The van der Waals surface area contributed by atoms with E-state index in [0.29, 0.717) is 35.1 Å². The average molecular weight is 1060 g/mol. The van der Waals surface area contributed by atoms with Gasteiger partial charge < -0.3 is 32.8 Å². The first-order valence-corrected chi connectivity index (χ1v) is 27.5. The highest BCUT2D eigenvalue weighted by Gasteiger charge is 2.52. The van der Waals surface area contributed by atoms with Crippen molar-refractivity contribution in [2.24, 2.45) is 0 Å². The molecule has 0 radical (unpaired) electrons. The molecule has 0 spiro atoms. The van der Waals surface area contributed by atoms with Crippen LogP contribution in [0.4, 0.5) is 0 Å². The number of benzene rings is 7. The van der Waals surface area contributed by atoms with E-state index in [2.05, 4.69) is 140 Å². The van der Waals surface area contributed by atoms with Gasteiger partial charge in [-0.1, -0.05) is 214 Å². The van der Waals surface area contributed by atoms with Crippen LogP contribution in [0.15, 0.2) is 193 Å². The van der Waals surface area contributed by atoms with E-state index in [1.165, 1.54) is 0 Å². The number of hydrogen-bond donors (Lipinski definition) is 0. The van der Waals surface area contributed by atoms with E-state index < -0.39 is 38.8 Å². The first kappa shape index (κ1) is 51.7. The van der Waals surface area contributed by atoms with Crippen LogP contribution in [0.3, 0.4) is 0 Å². The van der Waals surface area contributed by atoms with Gasteiger partial charge in [-0.25, -0.2) is 0 Å². The van der Waals surface area contributed by atoms with Gasteiger partial charge in [0.05, 0.1) is 55.0 Å². The van der Waals surface area contributed by atoms with Gasteiger partial charge in [-0.05, 0) is 65.2 Å². The predicted octanol–water partition coefficient (Wildman–Crippen LogP) is 13.2. The molecule has 70 heavy (non-hydrogen) atoms. The molecule has 1 heterocycles. The van der Waals surface area contributed by atoms with Crippen molar-refractivity contribution in [3.8, 4) is 5.75 Å². The molecular formula is C59H61BrCl2O7Si. The van der Waals surface area contributed by atoms with E-state index in [4.69, 9.17) is 56.0 Å². The fraction of sp³-hybridized carbons (Fsp3) is 0.288. The predicted molar refractivity (Wildman–Crippen MR) is 287 cm³/mol. The monoisotopic (exact) mass is 1060 g/mol. The van der Waals surface area contributed by atoms with Gasteiger partial charge in [0, 0.05) is 5.56 Å². The third kappa shape index (κ3) is 12.7. The van der Waals surface area contributed by atoms with E-state index in [0.717, 1.165) is 43.8 Å². The Hall–Kier alpha value is -4.62. The number of rotatable bonds is 22. The summed E-state index contributed by atoms with van der Waals surface area (Å²) in [5.74, 6) is 0.688. The van der Waals surface area contributed by atoms with Gasteiger partial charge in [0.15, 0.2) is 5.75 Å². The van der Waals surface area contributed by atoms with E-state index in [9.17, 15) is 0 Å². The van der Waals surface area contributed by atoms with Crippen molar-refractivity contribution in [1.29, 1.82) is 0 Å². The minimum absolute atomic E-state index is 0.173. The SMILES string of the molecule is CC(C)(C)[Si](OCc1cc(C2O[C@H](COCc3ccccc3)[C@@H](OCc3ccccc3)[C@H](OCc3ccccc3)[C@H]2OCc2ccccc2)c(Br)c(OCCCl)c1Cl)(c1ccccc1)c1ccccc1. The lowest BCUT2D eigenvalue weighted by Crippen LogP contribution is -2.66. The number of halogens is 3. The molecule has 0 saturated carbocycles. The standard InChI is InChI=1S/C59H61BrCl2O7Si/c1-59(2,3)70(48-30-18-8-19-31-48,49-32-20-9-21-33-49)68-41-47-36-50(52(60)56(53(47)62)64-35-34-61)54-57(66-39-45-26-14-6-15-27-45)58(67-40-46-28-16-7-17-29-46)55(65-38-44-24-12-5-13-25-44)51(69-54)42-63-37-43-22-10-4-11-23-43/h4-33,36,51,54-55,57-58H,34-35,37-42H2,1-3H3/t51-,54?,55-,57+,58+/m1/s1. The van der Waals surface area contributed by atoms with E-state index in [1.807, 2.05) is 84.9 Å². The highest BCUT2D eigenvalue weighted by atomic mass is 79.9. The van der Waals surface area contributed by atoms with Crippen molar-refractivity contribution < 1.29 is 32.8 Å². The number of hydrogen-bond acceptors (Lipinski definition) is 7. The van der Waals surface area contributed by atoms with Crippen LogP contribution in [0.2, 0.25) is 10.1 Å². The zero-order valence-corrected chi connectivity index (χ0v) is 44.0. The van der Waals surface area contributed by atoms with Crippen LogP contribution in [0.5, 0.6) is 5.75 Å². The molecule has 1 aliphatic rings. The van der Waals surface area contributed by atoms with Gasteiger partial charge in [0.2, 0.25) is 0 Å². The highest BCUT2D eigenvalue weighted by molar-refractivity contribution is 9.10. The van der Waals surface area contributed by atoms with Crippen molar-refractivity contribution in [1.82, 2.24) is 0 Å². The molecule has 1 fully saturated rings. The summed E-state index contributed by atoms with van der Waals surface area (Å²) in [5, 5.41) is 2.44. The zero-order chi connectivity index (χ0) is 48.8. The quantitative estimate of drug-likeness (QED) is 0.0495. The van der Waals surface area contributed by atoms with E-state index in [1.54, 1.807) is 0 Å². The molecule has 0 aliphatic carbocycles.